The molecule has 1 rings (SSSR count). The lowest BCUT2D eigenvalue weighted by atomic mass is 9.84. The summed E-state index contributed by atoms with van der Waals surface area (Å²) < 4.78 is 4.77. The quantitative estimate of drug-likeness (QED) is 0.562. The van der Waals surface area contributed by atoms with Gasteiger partial charge in [0, 0.05) is 11.8 Å². The molecule has 0 fully saturated rings. The first kappa shape index (κ1) is 11.7. The summed E-state index contributed by atoms with van der Waals surface area (Å²) in [5.41, 5.74) is 0. The highest BCUT2D eigenvalue weighted by molar-refractivity contribution is 5.75. The van der Waals surface area contributed by atoms with Crippen molar-refractivity contribution in [3.63, 3.8) is 0 Å². The van der Waals surface area contributed by atoms with Gasteiger partial charge >= 0.3 is 5.97 Å². The molecule has 0 saturated heterocycles. The van der Waals surface area contributed by atoms with Crippen LogP contribution in [0.2, 0.25) is 0 Å². The van der Waals surface area contributed by atoms with Crippen LogP contribution in [0.3, 0.4) is 0 Å². The van der Waals surface area contributed by atoms with E-state index in [2.05, 4.69) is 6.58 Å². The minimum atomic E-state index is -1.12. The van der Waals surface area contributed by atoms with Gasteiger partial charge in [-0.1, -0.05) is 30.4 Å². The van der Waals surface area contributed by atoms with E-state index in [0.717, 1.165) is 0 Å². The van der Waals surface area contributed by atoms with Crippen LogP contribution in [0.4, 0.5) is 0 Å². The predicted octanol–water partition coefficient (Wildman–Crippen LogP) is 1.45. The van der Waals surface area contributed by atoms with E-state index < -0.39 is 12.1 Å². The van der Waals surface area contributed by atoms with E-state index in [-0.39, 0.29) is 18.4 Å². The van der Waals surface area contributed by atoms with Gasteiger partial charge in [-0.2, -0.15) is 0 Å². The Hall–Kier alpha value is -1.35. The lowest BCUT2D eigenvalue weighted by molar-refractivity contribution is -0.155. The van der Waals surface area contributed by atoms with E-state index in [1.165, 1.54) is 0 Å². The summed E-state index contributed by atoms with van der Waals surface area (Å²) in [6.07, 6.45) is 7.99. The van der Waals surface area contributed by atoms with E-state index in [4.69, 9.17) is 4.74 Å². The van der Waals surface area contributed by atoms with Crippen LogP contribution in [0, 0.1) is 11.8 Å². The van der Waals surface area contributed by atoms with Crippen molar-refractivity contribution in [3.8, 4) is 0 Å². The zero-order valence-corrected chi connectivity index (χ0v) is 8.80. The Bertz CT molecular complexity index is 291. The van der Waals surface area contributed by atoms with E-state index in [1.807, 2.05) is 18.2 Å². The van der Waals surface area contributed by atoms with Gasteiger partial charge in [-0.15, -0.1) is 6.58 Å². The molecule has 0 unspecified atom stereocenters. The first-order chi connectivity index (χ1) is 7.20. The molecular formula is C12H16O3. The van der Waals surface area contributed by atoms with Crippen molar-refractivity contribution in [2.24, 2.45) is 11.8 Å². The molecule has 0 amide bonds. The molecular weight excluding hydrogens is 192 g/mol. The highest BCUT2D eigenvalue weighted by atomic mass is 16.5. The van der Waals surface area contributed by atoms with Crippen LogP contribution < -0.4 is 0 Å². The average Bonchev–Trinajstić information content (AvgIpc) is 2.28. The Labute approximate surface area is 89.7 Å². The SMILES string of the molecule is C=C[C@@H]1C=CC=C[C@H]1[C@H](O)C(=O)OCC. The Kier molecular flexibility index (Phi) is 4.31. The molecule has 0 aromatic heterocycles. The number of aliphatic hydroxyl groups excluding tert-OH is 1. The molecule has 0 aromatic rings. The Balaban J connectivity index is 2.69. The van der Waals surface area contributed by atoms with Crippen molar-refractivity contribution >= 4 is 5.97 Å². The monoisotopic (exact) mass is 208 g/mol. The smallest absolute Gasteiger partial charge is 0.335 e. The summed E-state index contributed by atoms with van der Waals surface area (Å²) in [5, 5.41) is 9.77. The fraction of sp³-hybridized carbons (Fsp3) is 0.417. The summed E-state index contributed by atoms with van der Waals surface area (Å²) >= 11 is 0. The van der Waals surface area contributed by atoms with E-state index in [1.54, 1.807) is 19.1 Å². The number of carbonyl (C=O) groups is 1. The lowest BCUT2D eigenvalue weighted by Gasteiger charge is -2.24. The minimum absolute atomic E-state index is 0.0191. The first-order valence-electron chi connectivity index (χ1n) is 5.03. The largest absolute Gasteiger partial charge is 0.464 e. The molecule has 1 aliphatic rings. The fourth-order valence-electron chi connectivity index (χ4n) is 1.58. The topological polar surface area (TPSA) is 46.5 Å². The Morgan fingerprint density at radius 1 is 1.60 bits per heavy atom. The predicted molar refractivity (Wildman–Crippen MR) is 58.1 cm³/mol. The third-order valence-electron chi connectivity index (χ3n) is 2.39. The zero-order valence-electron chi connectivity index (χ0n) is 8.80. The number of esters is 1. The molecule has 0 aliphatic heterocycles. The molecule has 0 spiro atoms. The molecule has 3 nitrogen and oxygen atoms in total. The van der Waals surface area contributed by atoms with Crippen molar-refractivity contribution in [3.05, 3.63) is 37.0 Å². The van der Waals surface area contributed by atoms with E-state index in [0.29, 0.717) is 0 Å². The number of allylic oxidation sites excluding steroid dienone is 4. The van der Waals surface area contributed by atoms with Gasteiger partial charge in [-0.25, -0.2) is 4.79 Å². The van der Waals surface area contributed by atoms with Crippen molar-refractivity contribution in [2.45, 2.75) is 13.0 Å². The van der Waals surface area contributed by atoms with Gasteiger partial charge in [0.15, 0.2) is 6.10 Å². The fourth-order valence-corrected chi connectivity index (χ4v) is 1.58. The van der Waals surface area contributed by atoms with Crippen LogP contribution >= 0.6 is 0 Å². The van der Waals surface area contributed by atoms with Gasteiger partial charge in [0.1, 0.15) is 0 Å². The van der Waals surface area contributed by atoms with Gasteiger partial charge in [0.05, 0.1) is 6.61 Å². The number of carbonyl (C=O) groups excluding carboxylic acids is 1. The molecule has 0 radical (unpaired) electrons. The van der Waals surface area contributed by atoms with Gasteiger partial charge < -0.3 is 9.84 Å². The molecule has 1 N–H and O–H groups in total. The van der Waals surface area contributed by atoms with Crippen molar-refractivity contribution in [1.29, 1.82) is 0 Å². The molecule has 3 heteroatoms. The number of rotatable bonds is 4. The molecule has 1 aliphatic carbocycles. The van der Waals surface area contributed by atoms with E-state index in [9.17, 15) is 9.90 Å². The summed E-state index contributed by atoms with van der Waals surface area (Å²) in [5.74, 6) is -0.866. The van der Waals surface area contributed by atoms with E-state index >= 15 is 0 Å². The van der Waals surface area contributed by atoms with Crippen LogP contribution in [0.15, 0.2) is 37.0 Å². The van der Waals surface area contributed by atoms with Crippen LogP contribution in [0.25, 0.3) is 0 Å². The second kappa shape index (κ2) is 5.51. The van der Waals surface area contributed by atoms with Gasteiger partial charge in [-0.3, -0.25) is 0 Å². The molecule has 0 saturated carbocycles. The number of aliphatic hydroxyl groups is 1. The van der Waals surface area contributed by atoms with Crippen molar-refractivity contribution in [1.82, 2.24) is 0 Å². The summed E-state index contributed by atoms with van der Waals surface area (Å²) in [4.78, 5) is 11.3. The zero-order chi connectivity index (χ0) is 11.3. The third kappa shape index (κ3) is 2.80. The Morgan fingerprint density at radius 3 is 2.87 bits per heavy atom. The Morgan fingerprint density at radius 2 is 2.27 bits per heavy atom. The molecule has 82 valence electrons. The second-order valence-electron chi connectivity index (χ2n) is 3.36. The first-order valence-corrected chi connectivity index (χ1v) is 5.03. The normalized spacial score (nSPS) is 26.0. The number of ether oxygens (including phenoxy) is 1. The maximum absolute atomic E-state index is 11.3. The average molecular weight is 208 g/mol. The highest BCUT2D eigenvalue weighted by Crippen LogP contribution is 2.24. The highest BCUT2D eigenvalue weighted by Gasteiger charge is 2.30. The molecule has 0 aromatic carbocycles. The second-order valence-corrected chi connectivity index (χ2v) is 3.36. The standard InChI is InChI=1S/C12H16O3/c1-3-9-7-5-6-8-10(9)11(13)12(14)15-4-2/h3,5-11,13H,1,4H2,2H3/t9-,10-,11+/m1/s1. The summed E-state index contributed by atoms with van der Waals surface area (Å²) in [7, 11) is 0. The van der Waals surface area contributed by atoms with Crippen molar-refractivity contribution in [2.75, 3.05) is 6.61 Å². The van der Waals surface area contributed by atoms with Gasteiger partial charge in [0.2, 0.25) is 0 Å². The maximum Gasteiger partial charge on any atom is 0.335 e. The number of hydrogen-bond donors (Lipinski definition) is 1. The van der Waals surface area contributed by atoms with Crippen LogP contribution in [-0.2, 0) is 9.53 Å². The molecule has 3 atom stereocenters. The number of hydrogen-bond acceptors (Lipinski definition) is 3. The maximum atomic E-state index is 11.3. The minimum Gasteiger partial charge on any atom is -0.464 e. The van der Waals surface area contributed by atoms with Gasteiger partial charge in [0.25, 0.3) is 0 Å². The summed E-state index contributed by atoms with van der Waals surface area (Å²) in [6.45, 7) is 5.67. The lowest BCUT2D eigenvalue weighted by Crippen LogP contribution is -2.34. The van der Waals surface area contributed by atoms with Crippen LogP contribution in [0.1, 0.15) is 6.92 Å². The third-order valence-corrected chi connectivity index (χ3v) is 2.39. The molecule has 0 heterocycles. The van der Waals surface area contributed by atoms with Crippen molar-refractivity contribution < 1.29 is 14.6 Å². The van der Waals surface area contributed by atoms with Gasteiger partial charge in [-0.05, 0) is 6.92 Å². The van der Waals surface area contributed by atoms with Crippen LogP contribution in [0.5, 0.6) is 0 Å². The molecule has 0 bridgehead atoms. The van der Waals surface area contributed by atoms with Crippen LogP contribution in [-0.4, -0.2) is 23.8 Å². The molecule has 15 heavy (non-hydrogen) atoms. The summed E-state index contributed by atoms with van der Waals surface area (Å²) in [6, 6.07) is 0.